The molecule has 0 aliphatic carbocycles. The van der Waals surface area contributed by atoms with E-state index in [-0.39, 0.29) is 12.0 Å². The van der Waals surface area contributed by atoms with E-state index in [9.17, 15) is 4.79 Å². The Morgan fingerprint density at radius 3 is 2.90 bits per heavy atom. The number of morpholine rings is 1. The van der Waals surface area contributed by atoms with Gasteiger partial charge in [-0.05, 0) is 25.0 Å². The van der Waals surface area contributed by atoms with E-state index in [1.165, 1.54) is 12.8 Å². The van der Waals surface area contributed by atoms with Gasteiger partial charge in [0.25, 0.3) is 5.91 Å². The lowest BCUT2D eigenvalue weighted by Crippen LogP contribution is -2.47. The fourth-order valence-corrected chi connectivity index (χ4v) is 4.12. The minimum absolute atomic E-state index is 0.0212. The summed E-state index contributed by atoms with van der Waals surface area (Å²) in [5.41, 5.74) is 2.11. The lowest BCUT2D eigenvalue weighted by molar-refractivity contribution is -0.0300. The maximum Gasteiger partial charge on any atom is 0.270 e. The molecule has 2 saturated heterocycles. The van der Waals surface area contributed by atoms with E-state index in [4.69, 9.17) is 4.74 Å². The Kier molecular flexibility index (Phi) is 4.62. The molecule has 1 atom stereocenters. The number of carbonyl (C=O) groups excluding carboxylic acids is 1. The number of carbonyl (C=O) groups is 1. The van der Waals surface area contributed by atoms with Gasteiger partial charge < -0.3 is 19.1 Å². The number of fused-ring (bicyclic) bond motifs is 1. The summed E-state index contributed by atoms with van der Waals surface area (Å²) in [5, 5.41) is 8.65. The highest BCUT2D eigenvalue weighted by Crippen LogP contribution is 2.24. The summed E-state index contributed by atoms with van der Waals surface area (Å²) in [6.07, 6.45) is 5.62. The number of nitrogens with zero attached hydrogens (tertiary/aromatic N) is 8. The molecule has 2 fully saturated rings. The summed E-state index contributed by atoms with van der Waals surface area (Å²) in [4.78, 5) is 25.7. The third-order valence-electron chi connectivity index (χ3n) is 5.65. The van der Waals surface area contributed by atoms with Crippen LogP contribution in [0.2, 0.25) is 0 Å². The second-order valence-electron chi connectivity index (χ2n) is 7.58. The number of amides is 1. The third-order valence-corrected chi connectivity index (χ3v) is 5.65. The van der Waals surface area contributed by atoms with Crippen molar-refractivity contribution in [1.29, 1.82) is 0 Å². The SMILES string of the molecule is Cn1cccc1C(=O)N1CCOC(Cn2nnc3c(N4CCCC4)ncnc32)C1. The molecule has 29 heavy (non-hydrogen) atoms. The summed E-state index contributed by atoms with van der Waals surface area (Å²) in [6.45, 7) is 4.06. The first-order valence-corrected chi connectivity index (χ1v) is 10.0. The number of rotatable bonds is 4. The molecule has 0 radical (unpaired) electrons. The molecule has 1 amide bonds. The zero-order valence-electron chi connectivity index (χ0n) is 16.4. The van der Waals surface area contributed by atoms with E-state index >= 15 is 0 Å². The molecule has 152 valence electrons. The van der Waals surface area contributed by atoms with Crippen molar-refractivity contribution < 1.29 is 9.53 Å². The zero-order chi connectivity index (χ0) is 19.8. The molecule has 5 rings (SSSR count). The molecule has 5 heterocycles. The first-order chi connectivity index (χ1) is 14.2. The van der Waals surface area contributed by atoms with Gasteiger partial charge in [0.05, 0.1) is 19.3 Å². The van der Waals surface area contributed by atoms with Crippen molar-refractivity contribution in [3.8, 4) is 0 Å². The topological polar surface area (TPSA) is 94.2 Å². The summed E-state index contributed by atoms with van der Waals surface area (Å²) >= 11 is 0. The first-order valence-electron chi connectivity index (χ1n) is 10.0. The third kappa shape index (κ3) is 3.33. The second-order valence-corrected chi connectivity index (χ2v) is 7.58. The number of anilines is 1. The number of hydrogen-bond donors (Lipinski definition) is 0. The van der Waals surface area contributed by atoms with Crippen molar-refractivity contribution in [1.82, 2.24) is 34.4 Å². The van der Waals surface area contributed by atoms with Crippen LogP contribution in [0.15, 0.2) is 24.7 Å². The minimum atomic E-state index is -0.164. The first kappa shape index (κ1) is 18.0. The Bertz CT molecular complexity index is 1020. The lowest BCUT2D eigenvalue weighted by atomic mass is 10.2. The van der Waals surface area contributed by atoms with Crippen LogP contribution in [0.5, 0.6) is 0 Å². The summed E-state index contributed by atoms with van der Waals surface area (Å²) in [5.74, 6) is 0.872. The summed E-state index contributed by atoms with van der Waals surface area (Å²) in [6, 6.07) is 3.72. The van der Waals surface area contributed by atoms with Gasteiger partial charge in [0.15, 0.2) is 17.0 Å². The maximum atomic E-state index is 12.8. The van der Waals surface area contributed by atoms with Crippen LogP contribution in [0.4, 0.5) is 5.82 Å². The summed E-state index contributed by atoms with van der Waals surface area (Å²) in [7, 11) is 1.88. The quantitative estimate of drug-likeness (QED) is 0.641. The fourth-order valence-electron chi connectivity index (χ4n) is 4.12. The Hall–Kier alpha value is -3.01. The van der Waals surface area contributed by atoms with Crippen molar-refractivity contribution in [2.75, 3.05) is 37.7 Å². The van der Waals surface area contributed by atoms with Crippen molar-refractivity contribution in [2.24, 2.45) is 7.05 Å². The van der Waals surface area contributed by atoms with E-state index in [0.717, 1.165) is 24.4 Å². The highest BCUT2D eigenvalue weighted by Gasteiger charge is 2.28. The molecular weight excluding hydrogens is 372 g/mol. The van der Waals surface area contributed by atoms with E-state index in [2.05, 4.69) is 25.2 Å². The van der Waals surface area contributed by atoms with E-state index in [1.54, 1.807) is 11.0 Å². The van der Waals surface area contributed by atoms with E-state index < -0.39 is 0 Å². The Balaban J connectivity index is 1.33. The van der Waals surface area contributed by atoms with Crippen LogP contribution in [-0.4, -0.2) is 79.2 Å². The van der Waals surface area contributed by atoms with E-state index in [0.29, 0.717) is 37.6 Å². The van der Waals surface area contributed by atoms with Crippen LogP contribution < -0.4 is 4.90 Å². The van der Waals surface area contributed by atoms with Gasteiger partial charge in [-0.25, -0.2) is 14.6 Å². The average molecular weight is 396 g/mol. The van der Waals surface area contributed by atoms with Gasteiger partial charge in [-0.3, -0.25) is 4.79 Å². The highest BCUT2D eigenvalue weighted by atomic mass is 16.5. The van der Waals surface area contributed by atoms with Gasteiger partial charge in [-0.15, -0.1) is 5.10 Å². The molecule has 10 heteroatoms. The van der Waals surface area contributed by atoms with Crippen LogP contribution in [0, 0.1) is 0 Å². The molecular formula is C19H24N8O2. The Labute approximate surface area is 168 Å². The predicted molar refractivity (Wildman–Crippen MR) is 106 cm³/mol. The van der Waals surface area contributed by atoms with Crippen molar-refractivity contribution >= 4 is 22.9 Å². The van der Waals surface area contributed by atoms with Gasteiger partial charge in [-0.1, -0.05) is 5.21 Å². The van der Waals surface area contributed by atoms with Crippen molar-refractivity contribution in [3.63, 3.8) is 0 Å². The lowest BCUT2D eigenvalue weighted by Gasteiger charge is -2.32. The Morgan fingerprint density at radius 1 is 1.24 bits per heavy atom. The fraction of sp³-hybridized carbons (Fsp3) is 0.526. The van der Waals surface area contributed by atoms with Crippen LogP contribution in [0.25, 0.3) is 11.2 Å². The van der Waals surface area contributed by atoms with E-state index in [1.807, 2.05) is 34.8 Å². The molecule has 0 N–H and O–H groups in total. The van der Waals surface area contributed by atoms with Crippen LogP contribution in [-0.2, 0) is 18.3 Å². The molecule has 0 spiro atoms. The molecule has 1 unspecified atom stereocenters. The minimum Gasteiger partial charge on any atom is -0.373 e. The van der Waals surface area contributed by atoms with Crippen LogP contribution in [0.3, 0.4) is 0 Å². The molecule has 10 nitrogen and oxygen atoms in total. The van der Waals surface area contributed by atoms with Crippen LogP contribution >= 0.6 is 0 Å². The van der Waals surface area contributed by atoms with Crippen molar-refractivity contribution in [2.45, 2.75) is 25.5 Å². The van der Waals surface area contributed by atoms with Gasteiger partial charge in [0.1, 0.15) is 12.0 Å². The normalized spacial score (nSPS) is 20.0. The van der Waals surface area contributed by atoms with Gasteiger partial charge in [0, 0.05) is 39.4 Å². The molecule has 3 aromatic heterocycles. The van der Waals surface area contributed by atoms with Gasteiger partial charge in [0.2, 0.25) is 0 Å². The molecule has 2 aliphatic rings. The molecule has 2 aliphatic heterocycles. The summed E-state index contributed by atoms with van der Waals surface area (Å²) < 4.78 is 9.52. The number of aryl methyl sites for hydroxylation is 1. The number of aromatic nitrogens is 6. The molecule has 3 aromatic rings. The smallest absolute Gasteiger partial charge is 0.270 e. The molecule has 0 bridgehead atoms. The molecule has 0 aromatic carbocycles. The largest absolute Gasteiger partial charge is 0.373 e. The number of hydrogen-bond acceptors (Lipinski definition) is 7. The Morgan fingerprint density at radius 2 is 2.10 bits per heavy atom. The van der Waals surface area contributed by atoms with Gasteiger partial charge >= 0.3 is 0 Å². The van der Waals surface area contributed by atoms with Gasteiger partial charge in [-0.2, -0.15) is 0 Å². The zero-order valence-corrected chi connectivity index (χ0v) is 16.4. The highest BCUT2D eigenvalue weighted by molar-refractivity contribution is 5.92. The maximum absolute atomic E-state index is 12.8. The molecule has 0 saturated carbocycles. The monoisotopic (exact) mass is 396 g/mol. The van der Waals surface area contributed by atoms with Crippen molar-refractivity contribution in [3.05, 3.63) is 30.4 Å². The van der Waals surface area contributed by atoms with Crippen LogP contribution in [0.1, 0.15) is 23.3 Å². The number of ether oxygens (including phenoxy) is 1. The second kappa shape index (κ2) is 7.43. The standard InChI is InChI=1S/C19H24N8O2/c1-24-6-4-5-15(24)19(28)26-9-10-29-14(11-26)12-27-18-16(22-23-27)17(20-13-21-18)25-7-2-3-8-25/h4-6,13-14H,2-3,7-12H2,1H3. The predicted octanol–water partition coefficient (Wildman–Crippen LogP) is 0.701. The average Bonchev–Trinajstić information content (AvgIpc) is 3.49.